The van der Waals surface area contributed by atoms with Gasteiger partial charge in [0.05, 0.1) is 11.3 Å². The third-order valence-electron chi connectivity index (χ3n) is 3.16. The number of benzene rings is 2. The van der Waals surface area contributed by atoms with Crippen LogP contribution in [0.5, 0.6) is 0 Å². The molecule has 4 N–H and O–H groups in total. The summed E-state index contributed by atoms with van der Waals surface area (Å²) in [5, 5.41) is 4.51. The summed E-state index contributed by atoms with van der Waals surface area (Å²) in [5.74, 6) is -0.963. The number of urea groups is 1. The molecule has 0 atom stereocenters. The molecule has 0 aliphatic heterocycles. The number of carbonyl (C=O) groups excluding carboxylic acids is 1. The van der Waals surface area contributed by atoms with E-state index in [0.717, 1.165) is 5.56 Å². The van der Waals surface area contributed by atoms with E-state index in [9.17, 15) is 22.4 Å². The monoisotopic (exact) mass is 341 g/mol. The molecular formula is C16H15F4N3O. The molecule has 128 valence electrons. The summed E-state index contributed by atoms with van der Waals surface area (Å²) in [5.41, 5.74) is 5.15. The van der Waals surface area contributed by atoms with Gasteiger partial charge in [0, 0.05) is 5.69 Å². The van der Waals surface area contributed by atoms with E-state index in [4.69, 9.17) is 5.73 Å². The van der Waals surface area contributed by atoms with Crippen LogP contribution in [-0.4, -0.2) is 12.6 Å². The smallest absolute Gasteiger partial charge is 0.330 e. The van der Waals surface area contributed by atoms with Crippen LogP contribution in [0.4, 0.5) is 33.7 Å². The number of anilines is 2. The number of halogens is 4. The molecule has 0 unspecified atom stereocenters. The Morgan fingerprint density at radius 2 is 1.83 bits per heavy atom. The Bertz CT molecular complexity index is 732. The number of nitrogens with one attached hydrogen (secondary N) is 2. The summed E-state index contributed by atoms with van der Waals surface area (Å²) in [6.07, 6.45) is -4.02. The standard InChI is InChI=1S/C16H15F4N3O/c17-13-5-4-11(16(18,19)20)9-14(13)23-15(24)22-12-3-1-2-10(8-12)6-7-21/h1-5,8-9H,6-7,21H2,(H2,22,23,24). The number of carbonyl (C=O) groups is 1. The molecule has 0 heterocycles. The predicted octanol–water partition coefficient (Wildman–Crippen LogP) is 3.99. The fourth-order valence-electron chi connectivity index (χ4n) is 2.05. The highest BCUT2D eigenvalue weighted by atomic mass is 19.4. The predicted molar refractivity (Wildman–Crippen MR) is 83.2 cm³/mol. The minimum atomic E-state index is -4.63. The Kier molecular flexibility index (Phi) is 5.40. The minimum Gasteiger partial charge on any atom is -0.330 e. The molecular weight excluding hydrogens is 326 g/mol. The highest BCUT2D eigenvalue weighted by Gasteiger charge is 2.31. The maximum Gasteiger partial charge on any atom is 0.416 e. The lowest BCUT2D eigenvalue weighted by atomic mass is 10.1. The highest BCUT2D eigenvalue weighted by Crippen LogP contribution is 2.31. The topological polar surface area (TPSA) is 67.1 Å². The van der Waals surface area contributed by atoms with Crippen molar-refractivity contribution in [1.29, 1.82) is 0 Å². The Hall–Kier alpha value is -2.61. The summed E-state index contributed by atoms with van der Waals surface area (Å²) >= 11 is 0. The van der Waals surface area contributed by atoms with Crippen molar-refractivity contribution in [2.75, 3.05) is 17.2 Å². The molecule has 0 bridgehead atoms. The lowest BCUT2D eigenvalue weighted by Gasteiger charge is -2.12. The second-order valence-corrected chi connectivity index (χ2v) is 5.01. The van der Waals surface area contributed by atoms with Crippen molar-refractivity contribution in [1.82, 2.24) is 0 Å². The van der Waals surface area contributed by atoms with Gasteiger partial charge in [-0.1, -0.05) is 12.1 Å². The van der Waals surface area contributed by atoms with E-state index in [1.165, 1.54) is 0 Å². The second kappa shape index (κ2) is 7.31. The van der Waals surface area contributed by atoms with E-state index in [0.29, 0.717) is 36.9 Å². The van der Waals surface area contributed by atoms with Crippen molar-refractivity contribution in [3.8, 4) is 0 Å². The molecule has 0 aliphatic carbocycles. The molecule has 2 amide bonds. The second-order valence-electron chi connectivity index (χ2n) is 5.01. The number of amides is 2. The van der Waals surface area contributed by atoms with Gasteiger partial charge >= 0.3 is 12.2 Å². The largest absolute Gasteiger partial charge is 0.416 e. The minimum absolute atomic E-state index is 0.422. The fourth-order valence-corrected chi connectivity index (χ4v) is 2.05. The summed E-state index contributed by atoms with van der Waals surface area (Å²) in [6.45, 7) is 0.436. The first kappa shape index (κ1) is 17.7. The van der Waals surface area contributed by atoms with Crippen molar-refractivity contribution < 1.29 is 22.4 Å². The van der Waals surface area contributed by atoms with Gasteiger partial charge in [-0.25, -0.2) is 9.18 Å². The number of hydrogen-bond donors (Lipinski definition) is 3. The Balaban J connectivity index is 2.11. The molecule has 0 radical (unpaired) electrons. The lowest BCUT2D eigenvalue weighted by molar-refractivity contribution is -0.137. The average Bonchev–Trinajstić information content (AvgIpc) is 2.49. The van der Waals surface area contributed by atoms with Crippen molar-refractivity contribution in [3.05, 3.63) is 59.4 Å². The molecule has 2 aromatic rings. The van der Waals surface area contributed by atoms with Crippen LogP contribution in [0.1, 0.15) is 11.1 Å². The first-order valence-corrected chi connectivity index (χ1v) is 7.03. The molecule has 8 heteroatoms. The number of hydrogen-bond acceptors (Lipinski definition) is 2. The zero-order valence-electron chi connectivity index (χ0n) is 12.5. The lowest BCUT2D eigenvalue weighted by Crippen LogP contribution is -2.20. The van der Waals surface area contributed by atoms with Gasteiger partial charge in [0.25, 0.3) is 0 Å². The van der Waals surface area contributed by atoms with Gasteiger partial charge in [0.15, 0.2) is 0 Å². The Labute approximate surface area is 135 Å². The van der Waals surface area contributed by atoms with Gasteiger partial charge in [-0.3, -0.25) is 0 Å². The zero-order chi connectivity index (χ0) is 17.7. The van der Waals surface area contributed by atoms with Gasteiger partial charge in [-0.2, -0.15) is 13.2 Å². The van der Waals surface area contributed by atoms with E-state index >= 15 is 0 Å². The van der Waals surface area contributed by atoms with Crippen LogP contribution in [0.25, 0.3) is 0 Å². The summed E-state index contributed by atoms with van der Waals surface area (Å²) in [7, 11) is 0. The maximum absolute atomic E-state index is 13.6. The summed E-state index contributed by atoms with van der Waals surface area (Å²) in [6, 6.07) is 7.75. The molecule has 0 aromatic heterocycles. The molecule has 24 heavy (non-hydrogen) atoms. The molecule has 0 fully saturated rings. The van der Waals surface area contributed by atoms with Crippen molar-refractivity contribution in [2.45, 2.75) is 12.6 Å². The third kappa shape index (κ3) is 4.69. The number of alkyl halides is 3. The van der Waals surface area contributed by atoms with Gasteiger partial charge < -0.3 is 16.4 Å². The molecule has 2 rings (SSSR count). The molecule has 0 spiro atoms. The first-order chi connectivity index (χ1) is 11.3. The van der Waals surface area contributed by atoms with Crippen molar-refractivity contribution >= 4 is 17.4 Å². The first-order valence-electron chi connectivity index (χ1n) is 7.03. The van der Waals surface area contributed by atoms with Gasteiger partial charge in [-0.15, -0.1) is 0 Å². The summed E-state index contributed by atoms with van der Waals surface area (Å²) in [4.78, 5) is 11.9. The van der Waals surface area contributed by atoms with Gasteiger partial charge in [0.1, 0.15) is 5.82 Å². The van der Waals surface area contributed by atoms with Crippen LogP contribution in [0.2, 0.25) is 0 Å². The normalized spacial score (nSPS) is 11.2. The fraction of sp³-hybridized carbons (Fsp3) is 0.188. The van der Waals surface area contributed by atoms with Crippen molar-refractivity contribution in [2.24, 2.45) is 5.73 Å². The molecule has 2 aromatic carbocycles. The average molecular weight is 341 g/mol. The van der Waals surface area contributed by atoms with E-state index in [-0.39, 0.29) is 0 Å². The van der Waals surface area contributed by atoms with E-state index < -0.39 is 29.3 Å². The van der Waals surface area contributed by atoms with Gasteiger partial charge in [-0.05, 0) is 48.9 Å². The zero-order valence-corrected chi connectivity index (χ0v) is 12.5. The maximum atomic E-state index is 13.6. The van der Waals surface area contributed by atoms with Gasteiger partial charge in [0.2, 0.25) is 0 Å². The molecule has 4 nitrogen and oxygen atoms in total. The molecule has 0 aliphatic rings. The third-order valence-corrected chi connectivity index (χ3v) is 3.16. The van der Waals surface area contributed by atoms with Crippen LogP contribution >= 0.6 is 0 Å². The highest BCUT2D eigenvalue weighted by molar-refractivity contribution is 5.99. The van der Waals surface area contributed by atoms with Crippen molar-refractivity contribution in [3.63, 3.8) is 0 Å². The Morgan fingerprint density at radius 1 is 1.08 bits per heavy atom. The van der Waals surface area contributed by atoms with Crippen LogP contribution in [0.15, 0.2) is 42.5 Å². The quantitative estimate of drug-likeness (QED) is 0.736. The van der Waals surface area contributed by atoms with E-state index in [1.807, 2.05) is 6.07 Å². The molecule has 0 saturated heterocycles. The summed E-state index contributed by atoms with van der Waals surface area (Å²) < 4.78 is 51.5. The van der Waals surface area contributed by atoms with Crippen LogP contribution in [-0.2, 0) is 12.6 Å². The van der Waals surface area contributed by atoms with Crippen LogP contribution < -0.4 is 16.4 Å². The van der Waals surface area contributed by atoms with Crippen LogP contribution in [0.3, 0.4) is 0 Å². The van der Waals surface area contributed by atoms with E-state index in [2.05, 4.69) is 10.6 Å². The Morgan fingerprint density at radius 3 is 2.50 bits per heavy atom. The van der Waals surface area contributed by atoms with Crippen LogP contribution in [0, 0.1) is 5.82 Å². The number of nitrogens with two attached hydrogens (primary N) is 1. The van der Waals surface area contributed by atoms with E-state index in [1.54, 1.807) is 18.2 Å². The molecule has 0 saturated carbocycles. The SMILES string of the molecule is NCCc1cccc(NC(=O)Nc2cc(C(F)(F)F)ccc2F)c1. The number of rotatable bonds is 4.